The molecule has 0 bridgehead atoms. The number of ether oxygens (including phenoxy) is 1. The minimum atomic E-state index is -0.290. The van der Waals surface area contributed by atoms with Gasteiger partial charge in [-0.2, -0.15) is 0 Å². The molecular weight excluding hydrogens is 338 g/mol. The minimum Gasteiger partial charge on any atom is -0.333 e. The average Bonchev–Trinajstić information content (AvgIpc) is 2.88. The van der Waals surface area contributed by atoms with Gasteiger partial charge in [0.05, 0.1) is 11.5 Å². The van der Waals surface area contributed by atoms with Crippen molar-refractivity contribution in [2.75, 3.05) is 5.75 Å². The fourth-order valence-electron chi connectivity index (χ4n) is 1.96. The molecule has 3 nitrogen and oxygen atoms in total. The number of rotatable bonds is 4. The molecule has 0 radical (unpaired) electrons. The van der Waals surface area contributed by atoms with E-state index in [0.717, 1.165) is 10.2 Å². The molecule has 0 saturated carbocycles. The molecule has 0 amide bonds. The summed E-state index contributed by atoms with van der Waals surface area (Å²) in [6.07, 6.45) is 7.75. The molecule has 1 aliphatic heterocycles. The quantitative estimate of drug-likeness (QED) is 0.779. The summed E-state index contributed by atoms with van der Waals surface area (Å²) in [5.74, 6) is 0.454. The van der Waals surface area contributed by atoms with Crippen LogP contribution in [-0.2, 0) is 4.74 Å². The molecular formula is C15H12BrNO2S. The predicted octanol–water partition coefficient (Wildman–Crippen LogP) is 3.61. The van der Waals surface area contributed by atoms with Gasteiger partial charge in [-0.3, -0.25) is 4.79 Å². The third-order valence-corrected chi connectivity index (χ3v) is 4.46. The van der Waals surface area contributed by atoms with Crippen molar-refractivity contribution < 1.29 is 9.53 Å². The smallest absolute Gasteiger partial charge is 0.198 e. The van der Waals surface area contributed by atoms with Gasteiger partial charge in [-0.15, -0.1) is 0 Å². The van der Waals surface area contributed by atoms with Crippen molar-refractivity contribution in [1.29, 1.82) is 0 Å². The largest absolute Gasteiger partial charge is 0.333 e. The molecule has 1 aromatic rings. The summed E-state index contributed by atoms with van der Waals surface area (Å²) in [6, 6.07) is 7.38. The number of hydrogen-bond acceptors (Lipinski definition) is 4. The van der Waals surface area contributed by atoms with Crippen LogP contribution in [-0.4, -0.2) is 28.9 Å². The Balaban J connectivity index is 1.57. The van der Waals surface area contributed by atoms with Crippen LogP contribution in [0.2, 0.25) is 0 Å². The van der Waals surface area contributed by atoms with Crippen LogP contribution in [0.3, 0.4) is 0 Å². The van der Waals surface area contributed by atoms with E-state index in [-0.39, 0.29) is 17.4 Å². The topological polar surface area (TPSA) is 38.7 Å². The highest BCUT2D eigenvalue weighted by atomic mass is 79.9. The molecule has 5 heteroatoms. The second-order valence-corrected chi connectivity index (χ2v) is 6.34. The number of Topliss-reactive ketones (excluding diaryl/α,β-unsaturated/α-hetero) is 1. The number of aliphatic imine (C=N–C) groups is 1. The van der Waals surface area contributed by atoms with Gasteiger partial charge in [-0.05, 0) is 24.3 Å². The monoisotopic (exact) mass is 349 g/mol. The molecule has 1 aromatic carbocycles. The summed E-state index contributed by atoms with van der Waals surface area (Å²) in [5.41, 5.74) is 1.35. The van der Waals surface area contributed by atoms with Crippen molar-refractivity contribution >= 4 is 39.2 Å². The van der Waals surface area contributed by atoms with Crippen LogP contribution < -0.4 is 0 Å². The first kappa shape index (κ1) is 13.8. The van der Waals surface area contributed by atoms with Crippen molar-refractivity contribution in [2.45, 2.75) is 11.7 Å². The third-order valence-electron chi connectivity index (χ3n) is 3.00. The molecule has 0 aromatic heterocycles. The number of hydrogen-bond donors (Lipinski definition) is 0. The van der Waals surface area contributed by atoms with Crippen molar-refractivity contribution in [2.24, 2.45) is 4.99 Å². The fourth-order valence-corrected chi connectivity index (χ4v) is 3.08. The van der Waals surface area contributed by atoms with E-state index in [4.69, 9.17) is 4.74 Å². The summed E-state index contributed by atoms with van der Waals surface area (Å²) in [5, 5.41) is 0. The van der Waals surface area contributed by atoms with Gasteiger partial charge < -0.3 is 4.74 Å². The molecule has 2 atom stereocenters. The zero-order valence-electron chi connectivity index (χ0n) is 10.5. The Bertz CT molecular complexity index is 607. The normalized spacial score (nSPS) is 23.6. The molecule has 0 saturated heterocycles. The molecule has 102 valence electrons. The lowest BCUT2D eigenvalue weighted by Gasteiger charge is -2.10. The van der Waals surface area contributed by atoms with Crippen LogP contribution in [0.25, 0.3) is 0 Å². The molecule has 20 heavy (non-hydrogen) atoms. The Morgan fingerprint density at radius 3 is 2.85 bits per heavy atom. The Morgan fingerprint density at radius 1 is 1.30 bits per heavy atom. The maximum atomic E-state index is 12.1. The van der Waals surface area contributed by atoms with Crippen molar-refractivity contribution in [3.63, 3.8) is 0 Å². The van der Waals surface area contributed by atoms with E-state index in [1.165, 1.54) is 11.8 Å². The summed E-state index contributed by atoms with van der Waals surface area (Å²) < 4.78 is 6.70. The van der Waals surface area contributed by atoms with Gasteiger partial charge in [0.15, 0.2) is 11.3 Å². The van der Waals surface area contributed by atoms with Gasteiger partial charge >= 0.3 is 0 Å². The Kier molecular flexibility index (Phi) is 4.19. The SMILES string of the molecule is O=C(CS[C@@H]1N=C2C=CC=C[C@H]2O1)c1ccc(Br)cc1. The summed E-state index contributed by atoms with van der Waals surface area (Å²) in [7, 11) is 0. The zero-order valence-corrected chi connectivity index (χ0v) is 12.9. The molecule has 0 spiro atoms. The first-order valence-electron chi connectivity index (χ1n) is 6.21. The number of thioether (sulfide) groups is 1. The number of carbonyl (C=O) groups excluding carboxylic acids is 1. The molecule has 3 rings (SSSR count). The average molecular weight is 350 g/mol. The summed E-state index contributed by atoms with van der Waals surface area (Å²) >= 11 is 4.77. The van der Waals surface area contributed by atoms with Crippen molar-refractivity contribution in [1.82, 2.24) is 0 Å². The highest BCUT2D eigenvalue weighted by molar-refractivity contribution is 9.10. The Hall–Kier alpha value is -1.17. The van der Waals surface area contributed by atoms with Gasteiger partial charge in [0, 0.05) is 10.0 Å². The van der Waals surface area contributed by atoms with E-state index in [2.05, 4.69) is 20.9 Å². The number of halogens is 1. The van der Waals surface area contributed by atoms with Crippen LogP contribution in [0.4, 0.5) is 0 Å². The molecule has 0 N–H and O–H groups in total. The maximum absolute atomic E-state index is 12.1. The van der Waals surface area contributed by atoms with Gasteiger partial charge in [0.2, 0.25) is 0 Å². The number of nitrogens with zero attached hydrogens (tertiary/aromatic N) is 1. The van der Waals surface area contributed by atoms with Gasteiger partial charge in [-0.1, -0.05) is 52.0 Å². The van der Waals surface area contributed by atoms with Gasteiger partial charge in [0.25, 0.3) is 0 Å². The summed E-state index contributed by atoms with van der Waals surface area (Å²) in [4.78, 5) is 16.5. The molecule has 1 aliphatic carbocycles. The van der Waals surface area contributed by atoms with Crippen molar-refractivity contribution in [3.05, 3.63) is 58.6 Å². The second kappa shape index (κ2) is 6.08. The fraction of sp³-hybridized carbons (Fsp3) is 0.200. The Morgan fingerprint density at radius 2 is 2.10 bits per heavy atom. The minimum absolute atomic E-state index is 0.0553. The highest BCUT2D eigenvalue weighted by Gasteiger charge is 2.27. The zero-order chi connectivity index (χ0) is 13.9. The number of fused-ring (bicyclic) bond motifs is 1. The van der Waals surface area contributed by atoms with E-state index < -0.39 is 0 Å². The van der Waals surface area contributed by atoms with E-state index in [1.54, 1.807) is 0 Å². The van der Waals surface area contributed by atoms with E-state index >= 15 is 0 Å². The van der Waals surface area contributed by atoms with E-state index in [0.29, 0.717) is 11.3 Å². The highest BCUT2D eigenvalue weighted by Crippen LogP contribution is 2.26. The first-order chi connectivity index (χ1) is 9.72. The number of allylic oxidation sites excluding steroid dienone is 2. The third kappa shape index (κ3) is 3.11. The number of carbonyl (C=O) groups is 1. The van der Waals surface area contributed by atoms with Crippen LogP contribution in [0.5, 0.6) is 0 Å². The lowest BCUT2D eigenvalue weighted by atomic mass is 10.1. The van der Waals surface area contributed by atoms with E-state index in [9.17, 15) is 4.79 Å². The van der Waals surface area contributed by atoms with Crippen LogP contribution >= 0.6 is 27.7 Å². The molecule has 0 unspecified atom stereocenters. The molecule has 1 heterocycles. The summed E-state index contributed by atoms with van der Waals surface area (Å²) in [6.45, 7) is 0. The first-order valence-corrected chi connectivity index (χ1v) is 8.05. The van der Waals surface area contributed by atoms with E-state index in [1.807, 2.05) is 48.6 Å². The maximum Gasteiger partial charge on any atom is 0.198 e. The van der Waals surface area contributed by atoms with Gasteiger partial charge in [-0.25, -0.2) is 4.99 Å². The molecule has 0 fully saturated rings. The Labute approximate surface area is 129 Å². The lowest BCUT2D eigenvalue weighted by Crippen LogP contribution is -2.16. The van der Waals surface area contributed by atoms with Gasteiger partial charge in [0.1, 0.15) is 6.10 Å². The molecule has 2 aliphatic rings. The standard InChI is InChI=1S/C15H12BrNO2S/c16-11-7-5-10(6-8-11)13(18)9-20-15-17-12-3-1-2-4-14(12)19-15/h1-8,14-15H,9H2/t14-,15-/m1/s1. The van der Waals surface area contributed by atoms with Crippen molar-refractivity contribution in [3.8, 4) is 0 Å². The number of ketones is 1. The van der Waals surface area contributed by atoms with Crippen LogP contribution in [0, 0.1) is 0 Å². The lowest BCUT2D eigenvalue weighted by molar-refractivity contribution is 0.101. The predicted molar refractivity (Wildman–Crippen MR) is 85.3 cm³/mol. The van der Waals surface area contributed by atoms with Crippen LogP contribution in [0.15, 0.2) is 58.0 Å². The number of benzene rings is 1. The second-order valence-electron chi connectivity index (χ2n) is 4.40. The van der Waals surface area contributed by atoms with Crippen LogP contribution in [0.1, 0.15) is 10.4 Å².